The fourth-order valence-corrected chi connectivity index (χ4v) is 4.15. The molecule has 4 nitrogen and oxygen atoms in total. The Bertz CT molecular complexity index is 375. The topological polar surface area (TPSA) is 33.1 Å². The van der Waals surface area contributed by atoms with Crippen molar-refractivity contribution in [2.75, 3.05) is 13.1 Å². The molecule has 2 aliphatic heterocycles. The standard InChI is InChI=1S/C16H28N4/c1-2-17-14-12-15-6-3-7-16(13-14)20(15)11-5-10-19-9-4-8-18-19/h4,8-9,14-17H,2-3,5-7,10-13H2,1H3. The van der Waals surface area contributed by atoms with Crippen LogP contribution in [0.15, 0.2) is 18.5 Å². The molecular formula is C16H28N4. The van der Waals surface area contributed by atoms with E-state index in [1.807, 2.05) is 12.3 Å². The van der Waals surface area contributed by atoms with Crippen LogP contribution in [0, 0.1) is 0 Å². The van der Waals surface area contributed by atoms with Crippen LogP contribution in [0.4, 0.5) is 0 Å². The summed E-state index contributed by atoms with van der Waals surface area (Å²) in [5.74, 6) is 0. The Hall–Kier alpha value is -0.870. The van der Waals surface area contributed by atoms with Crippen molar-refractivity contribution >= 4 is 0 Å². The molecule has 0 saturated carbocycles. The third-order valence-electron chi connectivity index (χ3n) is 4.98. The van der Waals surface area contributed by atoms with E-state index < -0.39 is 0 Å². The van der Waals surface area contributed by atoms with Gasteiger partial charge in [-0.05, 0) is 44.7 Å². The second kappa shape index (κ2) is 6.72. The molecule has 0 amide bonds. The van der Waals surface area contributed by atoms with E-state index in [4.69, 9.17) is 0 Å². The molecule has 0 aromatic carbocycles. The number of nitrogens with zero attached hydrogens (tertiary/aromatic N) is 3. The number of piperidine rings is 2. The van der Waals surface area contributed by atoms with Crippen LogP contribution >= 0.6 is 0 Å². The lowest BCUT2D eigenvalue weighted by Gasteiger charge is -2.49. The lowest BCUT2D eigenvalue weighted by atomic mass is 9.81. The van der Waals surface area contributed by atoms with E-state index >= 15 is 0 Å². The highest BCUT2D eigenvalue weighted by molar-refractivity contribution is 4.94. The summed E-state index contributed by atoms with van der Waals surface area (Å²) in [5, 5.41) is 7.97. The van der Waals surface area contributed by atoms with Gasteiger partial charge in [0.05, 0.1) is 0 Å². The molecular weight excluding hydrogens is 248 g/mol. The zero-order chi connectivity index (χ0) is 13.8. The van der Waals surface area contributed by atoms with Crippen molar-refractivity contribution in [1.29, 1.82) is 0 Å². The molecule has 1 aromatic rings. The number of hydrogen-bond acceptors (Lipinski definition) is 3. The maximum atomic E-state index is 4.30. The monoisotopic (exact) mass is 276 g/mol. The van der Waals surface area contributed by atoms with Gasteiger partial charge in [-0.2, -0.15) is 5.10 Å². The molecule has 20 heavy (non-hydrogen) atoms. The van der Waals surface area contributed by atoms with Gasteiger partial charge in [-0.25, -0.2) is 0 Å². The van der Waals surface area contributed by atoms with Crippen molar-refractivity contribution in [2.24, 2.45) is 0 Å². The Morgan fingerprint density at radius 1 is 1.20 bits per heavy atom. The minimum Gasteiger partial charge on any atom is -0.314 e. The van der Waals surface area contributed by atoms with E-state index in [1.165, 1.54) is 45.1 Å². The minimum atomic E-state index is 0.762. The average molecular weight is 276 g/mol. The van der Waals surface area contributed by atoms with E-state index in [2.05, 4.69) is 33.1 Å². The van der Waals surface area contributed by atoms with Crippen LogP contribution in [0.2, 0.25) is 0 Å². The summed E-state index contributed by atoms with van der Waals surface area (Å²) in [5.41, 5.74) is 0. The highest BCUT2D eigenvalue weighted by Gasteiger charge is 2.37. The maximum absolute atomic E-state index is 4.30. The zero-order valence-electron chi connectivity index (χ0n) is 12.7. The molecule has 2 unspecified atom stereocenters. The van der Waals surface area contributed by atoms with Gasteiger partial charge >= 0.3 is 0 Å². The quantitative estimate of drug-likeness (QED) is 0.865. The summed E-state index contributed by atoms with van der Waals surface area (Å²) >= 11 is 0. The number of fused-ring (bicyclic) bond motifs is 2. The Balaban J connectivity index is 1.51. The number of rotatable bonds is 6. The van der Waals surface area contributed by atoms with Crippen LogP contribution in [-0.4, -0.2) is 45.9 Å². The molecule has 4 heteroatoms. The first-order chi connectivity index (χ1) is 9.86. The molecule has 0 aliphatic carbocycles. The van der Waals surface area contributed by atoms with Crippen LogP contribution in [0.5, 0.6) is 0 Å². The second-order valence-electron chi connectivity index (χ2n) is 6.33. The lowest BCUT2D eigenvalue weighted by Crippen LogP contribution is -2.56. The highest BCUT2D eigenvalue weighted by Crippen LogP contribution is 2.34. The molecule has 1 aromatic heterocycles. The SMILES string of the molecule is CCNC1CC2CCCC(C1)N2CCCn1cccn1. The van der Waals surface area contributed by atoms with Crippen molar-refractivity contribution < 1.29 is 0 Å². The number of aromatic nitrogens is 2. The molecule has 3 rings (SSSR count). The van der Waals surface area contributed by atoms with Gasteiger partial charge in [-0.1, -0.05) is 13.3 Å². The van der Waals surface area contributed by atoms with E-state index in [-0.39, 0.29) is 0 Å². The third kappa shape index (κ3) is 3.23. The number of nitrogens with one attached hydrogen (secondary N) is 1. The summed E-state index contributed by atoms with van der Waals surface area (Å²) < 4.78 is 2.06. The fourth-order valence-electron chi connectivity index (χ4n) is 4.15. The van der Waals surface area contributed by atoms with Gasteiger partial charge in [0.25, 0.3) is 0 Å². The summed E-state index contributed by atoms with van der Waals surface area (Å²) in [6, 6.07) is 4.42. The molecule has 2 aliphatic rings. The molecule has 3 heterocycles. The molecule has 2 saturated heterocycles. The average Bonchev–Trinajstić information content (AvgIpc) is 2.93. The van der Waals surface area contributed by atoms with E-state index in [0.717, 1.165) is 31.2 Å². The van der Waals surface area contributed by atoms with Gasteiger partial charge in [0, 0.05) is 43.6 Å². The van der Waals surface area contributed by atoms with Gasteiger partial charge in [-0.3, -0.25) is 9.58 Å². The lowest BCUT2D eigenvalue weighted by molar-refractivity contribution is 0.0231. The van der Waals surface area contributed by atoms with Crippen LogP contribution in [-0.2, 0) is 6.54 Å². The third-order valence-corrected chi connectivity index (χ3v) is 4.98. The van der Waals surface area contributed by atoms with Crippen LogP contribution in [0.25, 0.3) is 0 Å². The Kier molecular flexibility index (Phi) is 4.73. The predicted molar refractivity (Wildman–Crippen MR) is 81.7 cm³/mol. The summed E-state index contributed by atoms with van der Waals surface area (Å²) in [4.78, 5) is 2.81. The highest BCUT2D eigenvalue weighted by atomic mass is 15.3. The molecule has 1 N–H and O–H groups in total. The van der Waals surface area contributed by atoms with Crippen LogP contribution < -0.4 is 5.32 Å². The van der Waals surface area contributed by atoms with Gasteiger partial charge in [0.2, 0.25) is 0 Å². The zero-order valence-corrected chi connectivity index (χ0v) is 12.7. The van der Waals surface area contributed by atoms with Crippen molar-refractivity contribution in [3.05, 3.63) is 18.5 Å². The van der Waals surface area contributed by atoms with Crippen molar-refractivity contribution in [1.82, 2.24) is 20.0 Å². The van der Waals surface area contributed by atoms with Gasteiger partial charge in [0.15, 0.2) is 0 Å². The maximum Gasteiger partial charge on any atom is 0.0489 e. The molecule has 2 fully saturated rings. The normalized spacial score (nSPS) is 30.6. The van der Waals surface area contributed by atoms with Gasteiger partial charge in [-0.15, -0.1) is 0 Å². The molecule has 0 spiro atoms. The first-order valence-electron chi connectivity index (χ1n) is 8.33. The predicted octanol–water partition coefficient (Wildman–Crippen LogP) is 2.27. The second-order valence-corrected chi connectivity index (χ2v) is 6.33. The van der Waals surface area contributed by atoms with E-state index in [0.29, 0.717) is 0 Å². The summed E-state index contributed by atoms with van der Waals surface area (Å²) in [7, 11) is 0. The molecule has 112 valence electrons. The first-order valence-corrected chi connectivity index (χ1v) is 8.33. The van der Waals surface area contributed by atoms with Gasteiger partial charge < -0.3 is 5.32 Å². The Morgan fingerprint density at radius 2 is 2.00 bits per heavy atom. The van der Waals surface area contributed by atoms with E-state index in [1.54, 1.807) is 0 Å². The fraction of sp³-hybridized carbons (Fsp3) is 0.812. The first kappa shape index (κ1) is 14.1. The van der Waals surface area contributed by atoms with Crippen LogP contribution in [0.3, 0.4) is 0 Å². The van der Waals surface area contributed by atoms with E-state index in [9.17, 15) is 0 Å². The van der Waals surface area contributed by atoms with Crippen LogP contribution in [0.1, 0.15) is 45.4 Å². The Labute approximate surface area is 122 Å². The van der Waals surface area contributed by atoms with Crippen molar-refractivity contribution in [3.8, 4) is 0 Å². The summed E-state index contributed by atoms with van der Waals surface area (Å²) in [6.45, 7) is 5.64. The van der Waals surface area contributed by atoms with Crippen molar-refractivity contribution in [2.45, 2.75) is 70.1 Å². The number of aryl methyl sites for hydroxylation is 1. The van der Waals surface area contributed by atoms with Crippen molar-refractivity contribution in [3.63, 3.8) is 0 Å². The summed E-state index contributed by atoms with van der Waals surface area (Å²) in [6.07, 6.45) is 12.1. The largest absolute Gasteiger partial charge is 0.314 e. The minimum absolute atomic E-state index is 0.762. The molecule has 2 bridgehead atoms. The smallest absolute Gasteiger partial charge is 0.0489 e. The molecule has 0 radical (unpaired) electrons. The Morgan fingerprint density at radius 3 is 2.65 bits per heavy atom. The number of hydrogen-bond donors (Lipinski definition) is 1. The van der Waals surface area contributed by atoms with Gasteiger partial charge in [0.1, 0.15) is 0 Å². The molecule has 2 atom stereocenters.